The van der Waals surface area contributed by atoms with Gasteiger partial charge in [0.25, 0.3) is 5.91 Å². The third-order valence-electron chi connectivity index (χ3n) is 4.80. The van der Waals surface area contributed by atoms with E-state index in [0.29, 0.717) is 41.6 Å². The maximum atomic E-state index is 13.2. The van der Waals surface area contributed by atoms with Crippen molar-refractivity contribution < 1.29 is 9.18 Å². The Balaban J connectivity index is 1.34. The Labute approximate surface area is 150 Å². The van der Waals surface area contributed by atoms with Crippen LogP contribution in [0.3, 0.4) is 0 Å². The van der Waals surface area contributed by atoms with Gasteiger partial charge in [-0.25, -0.2) is 9.37 Å². The molecule has 0 aliphatic carbocycles. The van der Waals surface area contributed by atoms with Gasteiger partial charge in [0.2, 0.25) is 0 Å². The van der Waals surface area contributed by atoms with Gasteiger partial charge in [-0.2, -0.15) is 5.10 Å². The fourth-order valence-corrected chi connectivity index (χ4v) is 3.28. The monoisotopic (exact) mass is 356 g/mol. The molecule has 1 atom stereocenters. The molecule has 0 fully saturated rings. The number of carbonyl (C=O) groups excluding carboxylic acids is 1. The molecule has 0 radical (unpaired) electrons. The van der Waals surface area contributed by atoms with E-state index in [1.165, 1.54) is 12.1 Å². The van der Waals surface area contributed by atoms with Crippen LogP contribution < -0.4 is 5.32 Å². The van der Waals surface area contributed by atoms with E-state index in [1.807, 2.05) is 10.7 Å². The number of imidazole rings is 1. The van der Waals surface area contributed by atoms with Gasteiger partial charge in [-0.1, -0.05) is 0 Å². The van der Waals surface area contributed by atoms with Crippen LogP contribution in [0.1, 0.15) is 22.0 Å². The van der Waals surface area contributed by atoms with Crippen molar-refractivity contribution in [1.82, 2.24) is 30.0 Å². The molecule has 0 saturated carbocycles. The zero-order valence-corrected chi connectivity index (χ0v) is 14.8. The number of nitrogens with one attached hydrogen (secondary N) is 2. The lowest BCUT2D eigenvalue weighted by Crippen LogP contribution is -2.30. The number of H-pyrrole nitrogens is 1. The second kappa shape index (κ2) is 6.53. The molecule has 2 aromatic heterocycles. The summed E-state index contributed by atoms with van der Waals surface area (Å²) in [6, 6.07) is 6.73. The Morgan fingerprint density at radius 3 is 3.04 bits per heavy atom. The minimum absolute atomic E-state index is 0.185. The maximum Gasteiger partial charge on any atom is 0.271 e. The lowest BCUT2D eigenvalue weighted by Gasteiger charge is -2.17. The first kappa shape index (κ1) is 16.7. The Kier molecular flexibility index (Phi) is 4.20. The number of nitrogens with zero attached hydrogens (tertiary/aromatic N) is 4. The van der Waals surface area contributed by atoms with Gasteiger partial charge in [0.05, 0.1) is 17.6 Å². The molecular formula is C18H21FN6O. The number of benzene rings is 1. The molecule has 1 aliphatic rings. The summed E-state index contributed by atoms with van der Waals surface area (Å²) in [5, 5.41) is 7.27. The number of hydrogen-bond donors (Lipinski definition) is 2. The van der Waals surface area contributed by atoms with Crippen molar-refractivity contribution in [2.24, 2.45) is 0 Å². The lowest BCUT2D eigenvalue weighted by atomic mass is 10.2. The van der Waals surface area contributed by atoms with Gasteiger partial charge in [-0.3, -0.25) is 9.48 Å². The highest BCUT2D eigenvalue weighted by atomic mass is 19.1. The quantitative estimate of drug-likeness (QED) is 0.723. The maximum absolute atomic E-state index is 13.2. The first-order chi connectivity index (χ1) is 12.5. The third kappa shape index (κ3) is 3.20. The van der Waals surface area contributed by atoms with Gasteiger partial charge in [0.1, 0.15) is 17.3 Å². The minimum atomic E-state index is -0.301. The standard InChI is InChI=1S/C18H21FN6O/c1-24(2)13-8-12-9-16(23-25(12)10-13)18(26)20-6-5-17-21-14-4-3-11(19)7-15(14)22-17/h3-4,7,9,13H,5-6,8,10H2,1-2H3,(H,20,26)(H,21,22)/t13-/m0/s1. The average Bonchev–Trinajstić information content (AvgIpc) is 3.25. The van der Waals surface area contributed by atoms with E-state index < -0.39 is 0 Å². The van der Waals surface area contributed by atoms with Crippen LogP contribution in [0.4, 0.5) is 4.39 Å². The Hall–Kier alpha value is -2.74. The number of amides is 1. The number of likely N-dealkylation sites (N-methyl/N-ethyl adjacent to an activating group) is 1. The molecule has 4 rings (SSSR count). The van der Waals surface area contributed by atoms with Crippen molar-refractivity contribution >= 4 is 16.9 Å². The van der Waals surface area contributed by atoms with Crippen LogP contribution in [-0.2, 0) is 19.4 Å². The van der Waals surface area contributed by atoms with Crippen molar-refractivity contribution in [3.8, 4) is 0 Å². The number of hydrogen-bond acceptors (Lipinski definition) is 4. The number of aromatic nitrogens is 4. The summed E-state index contributed by atoms with van der Waals surface area (Å²) in [5.41, 5.74) is 2.91. The van der Waals surface area contributed by atoms with Gasteiger partial charge in [0.15, 0.2) is 0 Å². The highest BCUT2D eigenvalue weighted by Gasteiger charge is 2.26. The van der Waals surface area contributed by atoms with E-state index in [1.54, 1.807) is 6.07 Å². The average molecular weight is 356 g/mol. The minimum Gasteiger partial charge on any atom is -0.350 e. The topological polar surface area (TPSA) is 78.8 Å². The fourth-order valence-electron chi connectivity index (χ4n) is 3.28. The molecule has 3 heterocycles. The molecule has 1 aromatic carbocycles. The summed E-state index contributed by atoms with van der Waals surface area (Å²) in [6.45, 7) is 1.24. The van der Waals surface area contributed by atoms with Gasteiger partial charge in [0, 0.05) is 31.1 Å². The van der Waals surface area contributed by atoms with Gasteiger partial charge in [-0.15, -0.1) is 0 Å². The normalized spacial score (nSPS) is 16.4. The molecule has 7 nitrogen and oxygen atoms in total. The number of aromatic amines is 1. The van der Waals surface area contributed by atoms with Gasteiger partial charge in [-0.05, 0) is 38.4 Å². The van der Waals surface area contributed by atoms with E-state index in [-0.39, 0.29) is 11.7 Å². The molecule has 0 saturated heterocycles. The largest absolute Gasteiger partial charge is 0.350 e. The molecule has 136 valence electrons. The van der Waals surface area contributed by atoms with Crippen LogP contribution in [-0.4, -0.2) is 57.2 Å². The predicted octanol–water partition coefficient (Wildman–Crippen LogP) is 1.36. The lowest BCUT2D eigenvalue weighted by molar-refractivity contribution is 0.0948. The Morgan fingerprint density at radius 2 is 2.27 bits per heavy atom. The summed E-state index contributed by atoms with van der Waals surface area (Å²) >= 11 is 0. The number of carbonyl (C=O) groups is 1. The van der Waals surface area contributed by atoms with E-state index in [9.17, 15) is 9.18 Å². The highest BCUT2D eigenvalue weighted by molar-refractivity contribution is 5.92. The predicted molar refractivity (Wildman–Crippen MR) is 95.5 cm³/mol. The zero-order valence-electron chi connectivity index (χ0n) is 14.8. The van der Waals surface area contributed by atoms with Crippen molar-refractivity contribution in [3.63, 3.8) is 0 Å². The van der Waals surface area contributed by atoms with Gasteiger partial charge >= 0.3 is 0 Å². The van der Waals surface area contributed by atoms with Crippen LogP contribution in [0.25, 0.3) is 11.0 Å². The number of rotatable bonds is 5. The summed E-state index contributed by atoms with van der Waals surface area (Å²) in [7, 11) is 4.11. The second-order valence-corrected chi connectivity index (χ2v) is 6.88. The fraction of sp³-hybridized carbons (Fsp3) is 0.389. The summed E-state index contributed by atoms with van der Waals surface area (Å²) in [4.78, 5) is 21.9. The van der Waals surface area contributed by atoms with E-state index in [2.05, 4.69) is 39.4 Å². The van der Waals surface area contributed by atoms with Crippen molar-refractivity contribution in [3.05, 3.63) is 47.3 Å². The number of fused-ring (bicyclic) bond motifs is 2. The van der Waals surface area contributed by atoms with Crippen molar-refractivity contribution in [1.29, 1.82) is 0 Å². The molecule has 3 aromatic rings. The zero-order chi connectivity index (χ0) is 18.3. The molecule has 1 aliphatic heterocycles. The van der Waals surface area contributed by atoms with E-state index >= 15 is 0 Å². The second-order valence-electron chi connectivity index (χ2n) is 6.88. The smallest absolute Gasteiger partial charge is 0.271 e. The molecule has 1 amide bonds. The summed E-state index contributed by atoms with van der Waals surface area (Å²) in [5.74, 6) is 0.229. The number of halogens is 1. The SMILES string of the molecule is CN(C)[C@H]1Cc2cc(C(=O)NCCc3nc4ccc(F)cc4[nH]3)nn2C1. The molecule has 8 heteroatoms. The van der Waals surface area contributed by atoms with Crippen molar-refractivity contribution in [2.45, 2.75) is 25.4 Å². The summed E-state index contributed by atoms with van der Waals surface area (Å²) in [6.07, 6.45) is 1.45. The Bertz CT molecular complexity index is 936. The highest BCUT2D eigenvalue weighted by Crippen LogP contribution is 2.18. The van der Waals surface area contributed by atoms with E-state index in [4.69, 9.17) is 0 Å². The molecule has 0 bridgehead atoms. The van der Waals surface area contributed by atoms with Crippen LogP contribution in [0.15, 0.2) is 24.3 Å². The van der Waals surface area contributed by atoms with E-state index in [0.717, 1.165) is 18.7 Å². The summed E-state index contributed by atoms with van der Waals surface area (Å²) < 4.78 is 15.1. The third-order valence-corrected chi connectivity index (χ3v) is 4.80. The molecule has 0 unspecified atom stereocenters. The Morgan fingerprint density at radius 1 is 1.42 bits per heavy atom. The first-order valence-electron chi connectivity index (χ1n) is 8.65. The first-order valence-corrected chi connectivity index (χ1v) is 8.65. The molecule has 26 heavy (non-hydrogen) atoms. The molecule has 0 spiro atoms. The van der Waals surface area contributed by atoms with Gasteiger partial charge < -0.3 is 15.2 Å². The van der Waals surface area contributed by atoms with Crippen LogP contribution in [0.5, 0.6) is 0 Å². The molecular weight excluding hydrogens is 335 g/mol. The van der Waals surface area contributed by atoms with Crippen LogP contribution >= 0.6 is 0 Å². The molecule has 2 N–H and O–H groups in total. The van der Waals surface area contributed by atoms with Crippen molar-refractivity contribution in [2.75, 3.05) is 20.6 Å². The van der Waals surface area contributed by atoms with Crippen LogP contribution in [0.2, 0.25) is 0 Å². The van der Waals surface area contributed by atoms with Crippen LogP contribution in [0, 0.1) is 5.82 Å².